The molecule has 0 aliphatic carbocycles. The molecular formula is C21H26ClN3O5S. The Hall–Kier alpha value is -2.33. The molecule has 1 aliphatic heterocycles. The number of anilines is 1. The Balaban J connectivity index is 1.40. The largest absolute Gasteiger partial charge is 0.484 e. The number of amides is 1. The molecule has 2 aromatic carbocycles. The molecule has 1 fully saturated rings. The number of hydrogen-bond acceptors (Lipinski definition) is 6. The Bertz CT molecular complexity index is 946. The van der Waals surface area contributed by atoms with Crippen LogP contribution in [0, 0.1) is 0 Å². The van der Waals surface area contributed by atoms with E-state index in [-0.39, 0.29) is 17.4 Å². The molecule has 0 atom stereocenters. The van der Waals surface area contributed by atoms with Crippen molar-refractivity contribution in [2.45, 2.75) is 11.3 Å². The Kier molecular flexibility index (Phi) is 8.53. The summed E-state index contributed by atoms with van der Waals surface area (Å²) < 4.78 is 38.2. The number of rotatable bonds is 10. The van der Waals surface area contributed by atoms with Crippen LogP contribution in [0.5, 0.6) is 5.75 Å². The van der Waals surface area contributed by atoms with Crippen LogP contribution in [0.1, 0.15) is 6.42 Å². The summed E-state index contributed by atoms with van der Waals surface area (Å²) in [6.07, 6.45) is 0.860. The molecule has 8 nitrogen and oxygen atoms in total. The second-order valence-corrected chi connectivity index (χ2v) is 9.15. The van der Waals surface area contributed by atoms with Gasteiger partial charge in [-0.15, -0.1) is 0 Å². The van der Waals surface area contributed by atoms with E-state index in [9.17, 15) is 13.2 Å². The molecule has 1 aliphatic rings. The van der Waals surface area contributed by atoms with Crippen molar-refractivity contribution < 1.29 is 22.7 Å². The number of morpholine rings is 1. The minimum atomic E-state index is -3.74. The number of sulfonamides is 1. The van der Waals surface area contributed by atoms with Crippen molar-refractivity contribution in [3.05, 3.63) is 53.6 Å². The maximum atomic E-state index is 12.5. The van der Waals surface area contributed by atoms with Gasteiger partial charge >= 0.3 is 0 Å². The van der Waals surface area contributed by atoms with E-state index in [0.717, 1.165) is 39.3 Å². The van der Waals surface area contributed by atoms with E-state index >= 15 is 0 Å². The van der Waals surface area contributed by atoms with Crippen molar-refractivity contribution >= 4 is 33.2 Å². The van der Waals surface area contributed by atoms with Crippen LogP contribution < -0.4 is 14.8 Å². The third kappa shape index (κ3) is 7.70. The fraction of sp³-hybridized carbons (Fsp3) is 0.381. The van der Waals surface area contributed by atoms with Crippen molar-refractivity contribution in [3.63, 3.8) is 0 Å². The summed E-state index contributed by atoms with van der Waals surface area (Å²) in [7, 11) is -3.74. The molecule has 31 heavy (non-hydrogen) atoms. The molecule has 1 heterocycles. The summed E-state index contributed by atoms with van der Waals surface area (Å²) >= 11 is 5.81. The molecule has 0 radical (unpaired) electrons. The van der Waals surface area contributed by atoms with Crippen LogP contribution in [-0.2, 0) is 19.6 Å². The van der Waals surface area contributed by atoms with Crippen molar-refractivity contribution in [3.8, 4) is 5.75 Å². The first kappa shape index (κ1) is 23.3. The lowest BCUT2D eigenvalue weighted by molar-refractivity contribution is -0.123. The molecule has 1 amide bonds. The summed E-state index contributed by atoms with van der Waals surface area (Å²) in [5.74, 6) is 0.192. The van der Waals surface area contributed by atoms with Crippen molar-refractivity contribution in [1.82, 2.24) is 10.2 Å². The Morgan fingerprint density at radius 3 is 2.42 bits per heavy atom. The smallest absolute Gasteiger partial charge is 0.261 e. The van der Waals surface area contributed by atoms with E-state index in [2.05, 4.69) is 14.9 Å². The maximum Gasteiger partial charge on any atom is 0.261 e. The number of nitrogens with one attached hydrogen (secondary N) is 2. The van der Waals surface area contributed by atoms with Gasteiger partial charge in [0.05, 0.1) is 18.1 Å². The fourth-order valence-electron chi connectivity index (χ4n) is 3.00. The average molecular weight is 468 g/mol. The monoisotopic (exact) mass is 467 g/mol. The number of halogens is 1. The number of carbonyl (C=O) groups is 1. The minimum Gasteiger partial charge on any atom is -0.484 e. The van der Waals surface area contributed by atoms with Crippen LogP contribution >= 0.6 is 11.6 Å². The van der Waals surface area contributed by atoms with Gasteiger partial charge in [-0.25, -0.2) is 8.42 Å². The molecule has 0 aromatic heterocycles. The third-order valence-electron chi connectivity index (χ3n) is 4.68. The van der Waals surface area contributed by atoms with Gasteiger partial charge in [-0.2, -0.15) is 0 Å². The number of hydrogen-bond donors (Lipinski definition) is 2. The second-order valence-electron chi connectivity index (χ2n) is 7.03. The van der Waals surface area contributed by atoms with Gasteiger partial charge in [-0.1, -0.05) is 11.6 Å². The van der Waals surface area contributed by atoms with E-state index in [1.807, 2.05) is 0 Å². The van der Waals surface area contributed by atoms with Crippen molar-refractivity contribution in [2.24, 2.45) is 0 Å². The van der Waals surface area contributed by atoms with Crippen molar-refractivity contribution in [1.29, 1.82) is 0 Å². The van der Waals surface area contributed by atoms with Gasteiger partial charge < -0.3 is 14.8 Å². The lowest BCUT2D eigenvalue weighted by Crippen LogP contribution is -2.38. The highest BCUT2D eigenvalue weighted by Crippen LogP contribution is 2.20. The van der Waals surface area contributed by atoms with Crippen LogP contribution in [0.25, 0.3) is 0 Å². The molecule has 3 rings (SSSR count). The van der Waals surface area contributed by atoms with Gasteiger partial charge in [-0.3, -0.25) is 14.4 Å². The molecule has 2 N–H and O–H groups in total. The van der Waals surface area contributed by atoms with Gasteiger partial charge in [0.1, 0.15) is 5.75 Å². The second kappa shape index (κ2) is 11.3. The lowest BCUT2D eigenvalue weighted by atomic mass is 10.3. The Morgan fingerprint density at radius 1 is 1.06 bits per heavy atom. The molecule has 10 heteroatoms. The van der Waals surface area contributed by atoms with Gasteiger partial charge in [0.15, 0.2) is 6.61 Å². The molecule has 0 saturated carbocycles. The zero-order valence-electron chi connectivity index (χ0n) is 17.1. The summed E-state index contributed by atoms with van der Waals surface area (Å²) in [6.45, 7) is 4.75. The zero-order valence-corrected chi connectivity index (χ0v) is 18.6. The third-order valence-corrected chi connectivity index (χ3v) is 6.33. The summed E-state index contributed by atoms with van der Waals surface area (Å²) in [5, 5.41) is 3.34. The molecule has 2 aromatic rings. The number of nitrogens with zero attached hydrogens (tertiary/aromatic N) is 1. The number of benzene rings is 2. The first-order valence-corrected chi connectivity index (χ1v) is 11.9. The lowest BCUT2D eigenvalue weighted by Gasteiger charge is -2.26. The fourth-order valence-corrected chi connectivity index (χ4v) is 4.19. The predicted molar refractivity (Wildman–Crippen MR) is 119 cm³/mol. The molecule has 0 spiro atoms. The van der Waals surface area contributed by atoms with E-state index in [1.54, 1.807) is 24.3 Å². The zero-order chi connectivity index (χ0) is 22.1. The average Bonchev–Trinajstić information content (AvgIpc) is 2.78. The van der Waals surface area contributed by atoms with Gasteiger partial charge in [0.25, 0.3) is 15.9 Å². The van der Waals surface area contributed by atoms with Crippen molar-refractivity contribution in [2.75, 3.05) is 50.7 Å². The first-order chi connectivity index (χ1) is 14.9. The summed E-state index contributed by atoms with van der Waals surface area (Å²) in [6, 6.07) is 12.2. The van der Waals surface area contributed by atoms with E-state index in [0.29, 0.717) is 23.0 Å². The van der Waals surface area contributed by atoms with Gasteiger partial charge in [0, 0.05) is 30.3 Å². The van der Waals surface area contributed by atoms with E-state index in [4.69, 9.17) is 21.1 Å². The van der Waals surface area contributed by atoms with Crippen LogP contribution in [0.4, 0.5) is 5.69 Å². The highest BCUT2D eigenvalue weighted by molar-refractivity contribution is 7.92. The molecule has 0 unspecified atom stereocenters. The number of carbonyl (C=O) groups excluding carboxylic acids is 1. The van der Waals surface area contributed by atoms with Crippen LogP contribution in [0.2, 0.25) is 5.02 Å². The minimum absolute atomic E-state index is 0.0855. The SMILES string of the molecule is O=C(COc1ccc(S(=O)(=O)Nc2ccc(Cl)cc2)cc1)NCCCN1CCOCC1. The molecule has 168 valence electrons. The standard InChI is InChI=1S/C21H26ClN3O5S/c22-17-2-4-18(5-3-17)24-31(27,28)20-8-6-19(7-9-20)30-16-21(26)23-10-1-11-25-12-14-29-15-13-25/h2-9,24H,1,10-16H2,(H,23,26). The van der Waals surface area contributed by atoms with Crippen LogP contribution in [0.3, 0.4) is 0 Å². The first-order valence-electron chi connectivity index (χ1n) is 10.0. The maximum absolute atomic E-state index is 12.5. The van der Waals surface area contributed by atoms with E-state index < -0.39 is 10.0 Å². The highest BCUT2D eigenvalue weighted by atomic mass is 35.5. The molecular weight excluding hydrogens is 442 g/mol. The topological polar surface area (TPSA) is 97.0 Å². The molecule has 0 bridgehead atoms. The predicted octanol–water partition coefficient (Wildman–Crippen LogP) is 2.36. The Morgan fingerprint density at radius 2 is 1.74 bits per heavy atom. The summed E-state index contributed by atoms with van der Waals surface area (Å²) in [4.78, 5) is 14.3. The van der Waals surface area contributed by atoms with Gasteiger partial charge in [-0.05, 0) is 61.5 Å². The van der Waals surface area contributed by atoms with Crippen LogP contribution in [0.15, 0.2) is 53.4 Å². The summed E-state index contributed by atoms with van der Waals surface area (Å²) in [5.41, 5.74) is 0.412. The van der Waals surface area contributed by atoms with Crippen LogP contribution in [-0.4, -0.2) is 65.2 Å². The Labute approximate surface area is 187 Å². The van der Waals surface area contributed by atoms with Gasteiger partial charge in [0.2, 0.25) is 0 Å². The normalized spacial score (nSPS) is 14.7. The van der Waals surface area contributed by atoms with E-state index in [1.165, 1.54) is 24.3 Å². The highest BCUT2D eigenvalue weighted by Gasteiger charge is 2.14. The molecule has 1 saturated heterocycles. The quantitative estimate of drug-likeness (QED) is 0.521. The number of ether oxygens (including phenoxy) is 2.